The summed E-state index contributed by atoms with van der Waals surface area (Å²) >= 11 is 5.81. The van der Waals surface area contributed by atoms with E-state index in [1.54, 1.807) is 0 Å². The highest BCUT2D eigenvalue weighted by Gasteiger charge is 2.39. The van der Waals surface area contributed by atoms with Gasteiger partial charge in [0.15, 0.2) is 5.69 Å². The Morgan fingerprint density at radius 3 is 2.36 bits per heavy atom. The summed E-state index contributed by atoms with van der Waals surface area (Å²) in [6, 6.07) is 5.27. The molecule has 0 saturated carbocycles. The number of amides is 1. The fourth-order valence-corrected chi connectivity index (χ4v) is 3.35. The highest BCUT2D eigenvalue weighted by Crippen LogP contribution is 2.41. The van der Waals surface area contributed by atoms with E-state index >= 15 is 0 Å². The average molecular weight is 420 g/mol. The number of hydrogen-bond donors (Lipinski definition) is 0. The molecule has 1 aliphatic heterocycles. The van der Waals surface area contributed by atoms with Crippen molar-refractivity contribution < 1.29 is 31.1 Å². The predicted molar refractivity (Wildman–Crippen MR) is 87.7 cm³/mol. The maximum atomic E-state index is 13.5. The number of halogens is 7. The molecule has 0 N–H and O–H groups in total. The molecule has 0 fully saturated rings. The van der Waals surface area contributed by atoms with Gasteiger partial charge in [-0.1, -0.05) is 6.07 Å². The first kappa shape index (κ1) is 18.6. The molecule has 28 heavy (non-hydrogen) atoms. The first-order valence-corrected chi connectivity index (χ1v) is 8.09. The first-order chi connectivity index (χ1) is 13.0. The summed E-state index contributed by atoms with van der Waals surface area (Å²) in [6.07, 6.45) is -8.82. The Hall–Kier alpha value is -2.75. The number of imidazole rings is 1. The monoisotopic (exact) mass is 419 g/mol. The zero-order valence-electron chi connectivity index (χ0n) is 13.6. The third-order valence-electron chi connectivity index (χ3n) is 4.35. The summed E-state index contributed by atoms with van der Waals surface area (Å²) < 4.78 is 81.1. The topological polar surface area (TPSA) is 37.6 Å². The third-order valence-corrected chi connectivity index (χ3v) is 4.72. The summed E-state index contributed by atoms with van der Waals surface area (Å²) in [5.74, 6) is -0.433. The molecule has 3 heterocycles. The van der Waals surface area contributed by atoms with E-state index in [-0.39, 0.29) is 12.0 Å². The second kappa shape index (κ2) is 5.87. The van der Waals surface area contributed by atoms with Crippen LogP contribution in [0.2, 0.25) is 0 Å². The summed E-state index contributed by atoms with van der Waals surface area (Å²) in [4.78, 5) is 15.1. The van der Waals surface area contributed by atoms with Crippen LogP contribution in [-0.4, -0.2) is 15.3 Å². The Kier molecular flexibility index (Phi) is 3.90. The van der Waals surface area contributed by atoms with Gasteiger partial charge in [0.2, 0.25) is 5.91 Å². The summed E-state index contributed by atoms with van der Waals surface area (Å²) in [5, 5.41) is 0. The fourth-order valence-electron chi connectivity index (χ4n) is 3.13. The number of aromatic nitrogens is 2. The Bertz CT molecular complexity index is 1120. The quantitative estimate of drug-likeness (QED) is 0.407. The smallest absolute Gasteiger partial charge is 0.299 e. The van der Waals surface area contributed by atoms with Crippen LogP contribution >= 0.6 is 11.8 Å². The van der Waals surface area contributed by atoms with Crippen LogP contribution in [0.5, 0.6) is 0 Å². The molecule has 0 bridgehead atoms. The van der Waals surface area contributed by atoms with E-state index in [1.165, 1.54) is 18.2 Å². The van der Waals surface area contributed by atoms with Crippen molar-refractivity contribution >= 4 is 29.0 Å². The molecule has 0 unspecified atom stereocenters. The molecule has 0 aliphatic carbocycles. The highest BCUT2D eigenvalue weighted by molar-refractivity contribution is 6.38. The first-order valence-electron chi connectivity index (χ1n) is 7.75. The van der Waals surface area contributed by atoms with E-state index in [1.807, 2.05) is 0 Å². The number of pyridine rings is 1. The molecule has 1 amide bonds. The Morgan fingerprint density at radius 2 is 1.71 bits per heavy atom. The number of benzene rings is 1. The predicted octanol–water partition coefficient (Wildman–Crippen LogP) is 5.08. The van der Waals surface area contributed by atoms with Crippen LogP contribution in [0.25, 0.3) is 16.9 Å². The number of fused-ring (bicyclic) bond motifs is 2. The van der Waals surface area contributed by atoms with Gasteiger partial charge in [-0.05, 0) is 29.8 Å². The number of hydrogen-bond acceptors (Lipinski definition) is 2. The molecule has 0 radical (unpaired) electrons. The van der Waals surface area contributed by atoms with Gasteiger partial charge >= 0.3 is 12.4 Å². The molecule has 3 aromatic rings. The Morgan fingerprint density at radius 1 is 1.00 bits per heavy atom. The number of anilines is 1. The molecule has 4 nitrogen and oxygen atoms in total. The number of carbonyl (C=O) groups is 1. The SMILES string of the molecule is O=C1Cc2cc(-c3c(C(F)(F)F)nc4cc(C(F)(F)F)ccn34)ccc2N1Cl. The second-order valence-corrected chi connectivity index (χ2v) is 6.48. The van der Waals surface area contributed by atoms with E-state index in [0.29, 0.717) is 23.4 Å². The van der Waals surface area contributed by atoms with Crippen molar-refractivity contribution in [2.24, 2.45) is 0 Å². The molecular weight excluding hydrogens is 412 g/mol. The lowest BCUT2D eigenvalue weighted by Crippen LogP contribution is -2.13. The molecule has 0 saturated heterocycles. The van der Waals surface area contributed by atoms with Crippen LogP contribution in [0.15, 0.2) is 36.5 Å². The van der Waals surface area contributed by atoms with Gasteiger partial charge in [0.05, 0.1) is 23.4 Å². The summed E-state index contributed by atoms with van der Waals surface area (Å²) in [5.41, 5.74) is -2.53. The van der Waals surface area contributed by atoms with Crippen LogP contribution in [0.4, 0.5) is 32.0 Å². The summed E-state index contributed by atoms with van der Waals surface area (Å²) in [7, 11) is 0. The van der Waals surface area contributed by atoms with Crippen molar-refractivity contribution in [3.8, 4) is 11.3 Å². The molecule has 0 atom stereocenters. The molecule has 0 spiro atoms. The second-order valence-electron chi connectivity index (χ2n) is 6.14. The molecule has 4 rings (SSSR count). The highest BCUT2D eigenvalue weighted by atomic mass is 35.5. The number of nitrogens with zero attached hydrogens (tertiary/aromatic N) is 3. The van der Waals surface area contributed by atoms with Gasteiger partial charge in [-0.15, -0.1) is 0 Å². The summed E-state index contributed by atoms with van der Waals surface area (Å²) in [6.45, 7) is 0. The van der Waals surface area contributed by atoms with Gasteiger partial charge in [-0.25, -0.2) is 9.40 Å². The minimum absolute atomic E-state index is 0.0538. The van der Waals surface area contributed by atoms with E-state index in [2.05, 4.69) is 4.98 Å². The normalized spacial score (nSPS) is 14.8. The van der Waals surface area contributed by atoms with Crippen molar-refractivity contribution in [3.05, 3.63) is 53.3 Å². The largest absolute Gasteiger partial charge is 0.435 e. The number of alkyl halides is 6. The third kappa shape index (κ3) is 2.88. The standard InChI is InChI=1S/C17H8ClF6N3O/c18-27-11-2-1-8(5-9(11)6-13(27)28)14-15(17(22,23)24)25-12-7-10(16(19,20)21)3-4-26(12)14/h1-5,7H,6H2. The van der Waals surface area contributed by atoms with Crippen molar-refractivity contribution in [1.82, 2.24) is 9.38 Å². The van der Waals surface area contributed by atoms with Crippen molar-refractivity contribution in [3.63, 3.8) is 0 Å². The number of rotatable bonds is 1. The minimum atomic E-state index is -4.90. The van der Waals surface area contributed by atoms with E-state index < -0.39 is 40.9 Å². The molecule has 1 aromatic carbocycles. The van der Waals surface area contributed by atoms with Crippen LogP contribution in [0.1, 0.15) is 16.8 Å². The Labute approximate surface area is 158 Å². The average Bonchev–Trinajstić information content (AvgIpc) is 3.11. The molecule has 146 valence electrons. The zero-order valence-corrected chi connectivity index (χ0v) is 14.3. The molecular formula is C17H8ClF6N3O. The van der Waals surface area contributed by atoms with Gasteiger partial charge in [0, 0.05) is 23.5 Å². The lowest BCUT2D eigenvalue weighted by molar-refractivity contribution is -0.140. The van der Waals surface area contributed by atoms with E-state index in [0.717, 1.165) is 15.0 Å². The number of carbonyl (C=O) groups excluding carboxylic acids is 1. The van der Waals surface area contributed by atoms with Crippen molar-refractivity contribution in [2.45, 2.75) is 18.8 Å². The van der Waals surface area contributed by atoms with E-state index in [4.69, 9.17) is 11.8 Å². The molecule has 1 aliphatic rings. The van der Waals surface area contributed by atoms with Crippen LogP contribution < -0.4 is 4.42 Å². The lowest BCUT2D eigenvalue weighted by atomic mass is 10.0. The van der Waals surface area contributed by atoms with Gasteiger partial charge in [0.1, 0.15) is 5.65 Å². The van der Waals surface area contributed by atoms with Crippen LogP contribution in [0.3, 0.4) is 0 Å². The Balaban J connectivity index is 1.96. The van der Waals surface area contributed by atoms with Crippen LogP contribution in [0, 0.1) is 0 Å². The maximum absolute atomic E-state index is 13.5. The molecule has 2 aromatic heterocycles. The molecule has 11 heteroatoms. The lowest BCUT2D eigenvalue weighted by Gasteiger charge is -2.11. The van der Waals surface area contributed by atoms with Gasteiger partial charge in [0.25, 0.3) is 0 Å². The fraction of sp³-hybridized carbons (Fsp3) is 0.176. The van der Waals surface area contributed by atoms with Gasteiger partial charge < -0.3 is 0 Å². The minimum Gasteiger partial charge on any atom is -0.299 e. The zero-order chi connectivity index (χ0) is 20.4. The van der Waals surface area contributed by atoms with Crippen molar-refractivity contribution in [1.29, 1.82) is 0 Å². The van der Waals surface area contributed by atoms with Gasteiger partial charge in [-0.3, -0.25) is 9.20 Å². The maximum Gasteiger partial charge on any atom is 0.435 e. The van der Waals surface area contributed by atoms with E-state index in [9.17, 15) is 31.1 Å². The van der Waals surface area contributed by atoms with Gasteiger partial charge in [-0.2, -0.15) is 26.3 Å². The van der Waals surface area contributed by atoms with Crippen LogP contribution in [-0.2, 0) is 23.6 Å². The van der Waals surface area contributed by atoms with Crippen molar-refractivity contribution in [2.75, 3.05) is 4.42 Å².